The molecule has 25 heavy (non-hydrogen) atoms. The second kappa shape index (κ2) is 7.52. The topological polar surface area (TPSA) is 107 Å². The lowest BCUT2D eigenvalue weighted by Gasteiger charge is -2.13. The molecule has 1 aromatic heterocycles. The summed E-state index contributed by atoms with van der Waals surface area (Å²) in [4.78, 5) is 46.7. The quantitative estimate of drug-likeness (QED) is 0.645. The Hall–Kier alpha value is -3.29. The lowest BCUT2D eigenvalue weighted by molar-refractivity contribution is -0.123. The highest BCUT2D eigenvalue weighted by Crippen LogP contribution is 2.12. The van der Waals surface area contributed by atoms with Gasteiger partial charge in [0.05, 0.1) is 0 Å². The van der Waals surface area contributed by atoms with Crippen molar-refractivity contribution >= 4 is 23.3 Å². The van der Waals surface area contributed by atoms with Gasteiger partial charge in [-0.1, -0.05) is 12.1 Å². The van der Waals surface area contributed by atoms with E-state index in [4.69, 9.17) is 4.74 Å². The second-order valence-corrected chi connectivity index (χ2v) is 5.35. The number of aryl methyl sites for hydroxylation is 1. The smallest absolute Gasteiger partial charge is 0.359 e. The van der Waals surface area contributed by atoms with E-state index in [0.717, 1.165) is 4.68 Å². The minimum absolute atomic E-state index is 0.0830. The number of ketones is 1. The molecule has 2 aromatic rings. The van der Waals surface area contributed by atoms with Crippen molar-refractivity contribution in [2.75, 3.05) is 5.32 Å². The van der Waals surface area contributed by atoms with Gasteiger partial charge in [0.2, 0.25) is 0 Å². The van der Waals surface area contributed by atoms with Gasteiger partial charge in [0.15, 0.2) is 17.6 Å². The lowest BCUT2D eigenvalue weighted by atomic mass is 10.1. The van der Waals surface area contributed by atoms with Crippen LogP contribution in [0, 0.1) is 0 Å². The molecule has 1 amide bonds. The van der Waals surface area contributed by atoms with Crippen LogP contribution >= 0.6 is 0 Å². The molecule has 8 nitrogen and oxygen atoms in total. The van der Waals surface area contributed by atoms with Crippen molar-refractivity contribution in [1.29, 1.82) is 0 Å². The van der Waals surface area contributed by atoms with Gasteiger partial charge in [-0.2, -0.15) is 5.10 Å². The highest BCUT2D eigenvalue weighted by molar-refractivity contribution is 5.99. The maximum Gasteiger partial charge on any atom is 0.359 e. The van der Waals surface area contributed by atoms with E-state index >= 15 is 0 Å². The fourth-order valence-corrected chi connectivity index (χ4v) is 1.95. The van der Waals surface area contributed by atoms with Crippen LogP contribution in [0.5, 0.6) is 0 Å². The summed E-state index contributed by atoms with van der Waals surface area (Å²) in [5.74, 6) is -1.51. The van der Waals surface area contributed by atoms with E-state index in [0.29, 0.717) is 11.3 Å². The lowest BCUT2D eigenvalue weighted by Crippen LogP contribution is -2.31. The Balaban J connectivity index is 2.03. The van der Waals surface area contributed by atoms with Crippen LogP contribution in [0.15, 0.2) is 41.2 Å². The normalized spacial score (nSPS) is 11.5. The monoisotopic (exact) mass is 343 g/mol. The SMILES string of the molecule is CC(=O)c1cccc(NC(=O)C(C)OC(=O)c2ccc(=O)n(C)n2)c1. The van der Waals surface area contributed by atoms with Crippen LogP contribution in [0.4, 0.5) is 5.69 Å². The molecule has 2 rings (SSSR count). The largest absolute Gasteiger partial charge is 0.448 e. The number of hydrogen-bond donors (Lipinski definition) is 1. The van der Waals surface area contributed by atoms with Crippen molar-refractivity contribution in [1.82, 2.24) is 9.78 Å². The number of carbonyl (C=O) groups excluding carboxylic acids is 3. The van der Waals surface area contributed by atoms with E-state index in [1.165, 1.54) is 39.1 Å². The standard InChI is InChI=1S/C17H17N3O5/c1-10(21)12-5-4-6-13(9-12)18-16(23)11(2)25-17(24)14-7-8-15(22)20(3)19-14/h4-9,11H,1-3H3,(H,18,23). The number of nitrogens with one attached hydrogen (secondary N) is 1. The minimum atomic E-state index is -1.09. The Morgan fingerprint density at radius 1 is 1.20 bits per heavy atom. The number of carbonyl (C=O) groups is 3. The van der Waals surface area contributed by atoms with Crippen molar-refractivity contribution in [2.24, 2.45) is 7.05 Å². The molecular formula is C17H17N3O5. The third kappa shape index (κ3) is 4.60. The molecule has 0 aliphatic heterocycles. The van der Waals surface area contributed by atoms with Gasteiger partial charge in [0, 0.05) is 24.4 Å². The summed E-state index contributed by atoms with van der Waals surface area (Å²) in [7, 11) is 1.40. The number of anilines is 1. The summed E-state index contributed by atoms with van der Waals surface area (Å²) in [6, 6.07) is 8.83. The average Bonchev–Trinajstić information content (AvgIpc) is 2.57. The van der Waals surface area contributed by atoms with Gasteiger partial charge < -0.3 is 10.1 Å². The van der Waals surface area contributed by atoms with Crippen molar-refractivity contribution in [3.05, 3.63) is 58.0 Å². The first-order valence-corrected chi connectivity index (χ1v) is 7.45. The number of nitrogens with zero attached hydrogens (tertiary/aromatic N) is 2. The molecule has 130 valence electrons. The number of rotatable bonds is 5. The molecule has 1 aromatic carbocycles. The summed E-state index contributed by atoms with van der Waals surface area (Å²) in [6.07, 6.45) is -1.09. The van der Waals surface area contributed by atoms with Gasteiger partial charge in [0.25, 0.3) is 11.5 Å². The summed E-state index contributed by atoms with van der Waals surface area (Å²) < 4.78 is 6.04. The van der Waals surface area contributed by atoms with Gasteiger partial charge in [-0.15, -0.1) is 0 Å². The predicted molar refractivity (Wildman–Crippen MR) is 89.4 cm³/mol. The van der Waals surface area contributed by atoms with E-state index in [-0.39, 0.29) is 17.0 Å². The summed E-state index contributed by atoms with van der Waals surface area (Å²) >= 11 is 0. The number of esters is 1. The molecule has 0 saturated heterocycles. The number of aromatic nitrogens is 2. The highest BCUT2D eigenvalue weighted by atomic mass is 16.5. The zero-order valence-corrected chi connectivity index (χ0v) is 14.0. The molecule has 1 N–H and O–H groups in total. The van der Waals surface area contributed by atoms with Crippen LogP contribution in [0.3, 0.4) is 0 Å². The van der Waals surface area contributed by atoms with Crippen molar-refractivity contribution in [2.45, 2.75) is 20.0 Å². The molecule has 1 heterocycles. The van der Waals surface area contributed by atoms with Crippen molar-refractivity contribution in [3.8, 4) is 0 Å². The molecule has 0 bridgehead atoms. The van der Waals surface area contributed by atoms with E-state index in [9.17, 15) is 19.2 Å². The summed E-state index contributed by atoms with van der Waals surface area (Å²) in [6.45, 7) is 2.83. The zero-order chi connectivity index (χ0) is 18.6. The third-order valence-electron chi connectivity index (χ3n) is 3.36. The Morgan fingerprint density at radius 2 is 1.92 bits per heavy atom. The molecule has 0 spiro atoms. The first kappa shape index (κ1) is 18.1. The molecular weight excluding hydrogens is 326 g/mol. The maximum atomic E-state index is 12.1. The predicted octanol–water partition coefficient (Wildman–Crippen LogP) is 1.17. The molecule has 0 fully saturated rings. The van der Waals surface area contributed by atoms with Gasteiger partial charge >= 0.3 is 5.97 Å². The molecule has 1 unspecified atom stereocenters. The summed E-state index contributed by atoms with van der Waals surface area (Å²) in [5, 5.41) is 6.33. The number of hydrogen-bond acceptors (Lipinski definition) is 6. The van der Waals surface area contributed by atoms with Crippen molar-refractivity contribution < 1.29 is 19.1 Å². The Kier molecular flexibility index (Phi) is 5.43. The van der Waals surface area contributed by atoms with Gasteiger partial charge in [0.1, 0.15) is 0 Å². The third-order valence-corrected chi connectivity index (χ3v) is 3.36. The van der Waals surface area contributed by atoms with Gasteiger partial charge in [-0.05, 0) is 32.0 Å². The first-order chi connectivity index (χ1) is 11.8. The van der Waals surface area contributed by atoms with Crippen LogP contribution in [-0.4, -0.2) is 33.5 Å². The number of amides is 1. The van der Waals surface area contributed by atoms with Crippen LogP contribution in [0.1, 0.15) is 34.7 Å². The Morgan fingerprint density at radius 3 is 2.56 bits per heavy atom. The molecule has 0 saturated carbocycles. The van der Waals surface area contributed by atoms with Gasteiger partial charge in [-0.25, -0.2) is 9.48 Å². The Bertz CT molecular complexity index is 888. The highest BCUT2D eigenvalue weighted by Gasteiger charge is 2.20. The van der Waals surface area contributed by atoms with Gasteiger partial charge in [-0.3, -0.25) is 14.4 Å². The Labute approximate surface area is 143 Å². The van der Waals surface area contributed by atoms with Crippen LogP contribution in [0.2, 0.25) is 0 Å². The van der Waals surface area contributed by atoms with Crippen molar-refractivity contribution in [3.63, 3.8) is 0 Å². The van der Waals surface area contributed by atoms with E-state index < -0.39 is 18.0 Å². The average molecular weight is 343 g/mol. The van der Waals surface area contributed by atoms with Crippen LogP contribution < -0.4 is 10.9 Å². The minimum Gasteiger partial charge on any atom is -0.448 e. The maximum absolute atomic E-state index is 12.1. The number of benzene rings is 1. The molecule has 0 aliphatic rings. The first-order valence-electron chi connectivity index (χ1n) is 7.45. The molecule has 1 atom stereocenters. The molecule has 0 aliphatic carbocycles. The van der Waals surface area contributed by atoms with E-state index in [2.05, 4.69) is 10.4 Å². The number of Topliss-reactive ketones (excluding diaryl/α,β-unsaturated/α-hetero) is 1. The summed E-state index contributed by atoms with van der Waals surface area (Å²) in [5.41, 5.74) is 0.422. The van der Waals surface area contributed by atoms with E-state index in [1.54, 1.807) is 18.2 Å². The fourth-order valence-electron chi connectivity index (χ4n) is 1.95. The second-order valence-electron chi connectivity index (χ2n) is 5.35. The molecule has 0 radical (unpaired) electrons. The molecule has 8 heteroatoms. The van der Waals surface area contributed by atoms with Crippen LogP contribution in [-0.2, 0) is 16.6 Å². The van der Waals surface area contributed by atoms with Crippen LogP contribution in [0.25, 0.3) is 0 Å². The fraction of sp³-hybridized carbons (Fsp3) is 0.235. The zero-order valence-electron chi connectivity index (χ0n) is 14.0. The number of ether oxygens (including phenoxy) is 1. The van der Waals surface area contributed by atoms with E-state index in [1.807, 2.05) is 0 Å².